The predicted octanol–water partition coefficient (Wildman–Crippen LogP) is 5.19. The summed E-state index contributed by atoms with van der Waals surface area (Å²) in [6.07, 6.45) is 10.1. The SMILES string of the molecule is O=c1oc2c(c(O)c1Cc1ccccc1C1CC1)CCCCC2CC1CCCO1. The summed E-state index contributed by atoms with van der Waals surface area (Å²) in [5.74, 6) is 1.68. The van der Waals surface area contributed by atoms with Crippen LogP contribution < -0.4 is 5.63 Å². The number of ether oxygens (including phenoxy) is 1. The Hall–Kier alpha value is -2.07. The standard InChI is InChI=1S/C25H30O4/c26-23-21-10-4-2-7-18(14-19-8-5-13-28-19)24(21)29-25(27)22(23)15-17-6-1-3-9-20(17)16-11-12-16/h1,3,6,9,16,18-19,26H,2,4-5,7-8,10-15H2. The van der Waals surface area contributed by atoms with Crippen molar-refractivity contribution in [2.24, 2.45) is 0 Å². The molecule has 2 aliphatic carbocycles. The van der Waals surface area contributed by atoms with Crippen LogP contribution in [0.3, 0.4) is 0 Å². The van der Waals surface area contributed by atoms with E-state index < -0.39 is 0 Å². The molecule has 5 rings (SSSR count). The number of benzene rings is 1. The number of hydrogen-bond acceptors (Lipinski definition) is 4. The molecule has 1 aromatic carbocycles. The van der Waals surface area contributed by atoms with Gasteiger partial charge in [0.15, 0.2) is 0 Å². The fraction of sp³-hybridized carbons (Fsp3) is 0.560. The van der Waals surface area contributed by atoms with Crippen LogP contribution in [0.2, 0.25) is 0 Å². The van der Waals surface area contributed by atoms with Gasteiger partial charge < -0.3 is 14.3 Å². The molecule has 4 heteroatoms. The molecule has 1 saturated heterocycles. The number of fused-ring (bicyclic) bond motifs is 1. The first-order valence-corrected chi connectivity index (χ1v) is 11.3. The van der Waals surface area contributed by atoms with Crippen molar-refractivity contribution in [3.8, 4) is 5.75 Å². The second-order valence-corrected chi connectivity index (χ2v) is 9.02. The molecule has 1 saturated carbocycles. The second kappa shape index (κ2) is 7.98. The van der Waals surface area contributed by atoms with E-state index in [0.717, 1.165) is 68.4 Å². The molecule has 2 unspecified atom stereocenters. The first-order chi connectivity index (χ1) is 14.2. The maximum atomic E-state index is 13.0. The molecule has 1 N–H and O–H groups in total. The molecule has 0 amide bonds. The fourth-order valence-corrected chi connectivity index (χ4v) is 5.22. The Labute approximate surface area is 171 Å². The van der Waals surface area contributed by atoms with Crippen LogP contribution in [0.4, 0.5) is 0 Å². The average Bonchev–Trinajstić information content (AvgIpc) is 3.48. The molecule has 2 aromatic rings. The van der Waals surface area contributed by atoms with Gasteiger partial charge in [-0.15, -0.1) is 0 Å². The highest BCUT2D eigenvalue weighted by Crippen LogP contribution is 2.43. The van der Waals surface area contributed by atoms with E-state index >= 15 is 0 Å². The lowest BCUT2D eigenvalue weighted by molar-refractivity contribution is 0.0943. The third-order valence-electron chi connectivity index (χ3n) is 6.93. The van der Waals surface area contributed by atoms with Gasteiger partial charge in [0.1, 0.15) is 11.5 Å². The van der Waals surface area contributed by atoms with E-state index in [4.69, 9.17) is 9.15 Å². The average molecular weight is 395 g/mol. The molecule has 2 fully saturated rings. The van der Waals surface area contributed by atoms with Gasteiger partial charge in [0.05, 0.1) is 11.7 Å². The highest BCUT2D eigenvalue weighted by molar-refractivity contribution is 5.46. The van der Waals surface area contributed by atoms with Gasteiger partial charge in [0.25, 0.3) is 0 Å². The molecule has 1 aliphatic heterocycles. The Morgan fingerprint density at radius 2 is 1.90 bits per heavy atom. The zero-order valence-electron chi connectivity index (χ0n) is 17.0. The van der Waals surface area contributed by atoms with Crippen LogP contribution >= 0.6 is 0 Å². The maximum absolute atomic E-state index is 13.0. The highest BCUT2D eigenvalue weighted by atomic mass is 16.5. The molecule has 1 aromatic heterocycles. The number of hydrogen-bond donors (Lipinski definition) is 1. The summed E-state index contributed by atoms with van der Waals surface area (Å²) < 4.78 is 11.8. The number of aromatic hydroxyl groups is 1. The molecule has 0 bridgehead atoms. The molecular weight excluding hydrogens is 364 g/mol. The Kier molecular flexibility index (Phi) is 5.21. The van der Waals surface area contributed by atoms with E-state index in [9.17, 15) is 9.90 Å². The lowest BCUT2D eigenvalue weighted by Crippen LogP contribution is -2.17. The molecule has 3 aliphatic rings. The number of rotatable bonds is 5. The van der Waals surface area contributed by atoms with Gasteiger partial charge in [-0.3, -0.25) is 0 Å². The van der Waals surface area contributed by atoms with Crippen molar-refractivity contribution in [1.29, 1.82) is 0 Å². The molecule has 154 valence electrons. The maximum Gasteiger partial charge on any atom is 0.343 e. The predicted molar refractivity (Wildman–Crippen MR) is 112 cm³/mol. The van der Waals surface area contributed by atoms with Crippen LogP contribution in [0.15, 0.2) is 33.5 Å². The summed E-state index contributed by atoms with van der Waals surface area (Å²) in [4.78, 5) is 13.0. The van der Waals surface area contributed by atoms with Gasteiger partial charge in [-0.2, -0.15) is 0 Å². The molecule has 29 heavy (non-hydrogen) atoms. The minimum absolute atomic E-state index is 0.169. The third-order valence-corrected chi connectivity index (χ3v) is 6.93. The Morgan fingerprint density at radius 3 is 2.69 bits per heavy atom. The van der Waals surface area contributed by atoms with E-state index in [0.29, 0.717) is 17.9 Å². The summed E-state index contributed by atoms with van der Waals surface area (Å²) in [6.45, 7) is 0.832. The van der Waals surface area contributed by atoms with Crippen molar-refractivity contribution in [3.63, 3.8) is 0 Å². The molecule has 0 radical (unpaired) electrons. The Bertz CT molecular complexity index is 934. The normalized spacial score (nSPS) is 24.3. The van der Waals surface area contributed by atoms with Crippen molar-refractivity contribution >= 4 is 0 Å². The lowest BCUT2D eigenvalue weighted by atomic mass is 9.90. The summed E-state index contributed by atoms with van der Waals surface area (Å²) in [6, 6.07) is 8.32. The van der Waals surface area contributed by atoms with Crippen molar-refractivity contribution in [3.05, 3.63) is 62.7 Å². The lowest BCUT2D eigenvalue weighted by Gasteiger charge is -2.20. The Morgan fingerprint density at radius 1 is 1.03 bits per heavy atom. The molecular formula is C25H30O4. The van der Waals surface area contributed by atoms with Gasteiger partial charge in [-0.1, -0.05) is 30.7 Å². The van der Waals surface area contributed by atoms with Gasteiger partial charge in [-0.25, -0.2) is 4.79 Å². The highest BCUT2D eigenvalue weighted by Gasteiger charge is 2.31. The molecule has 2 atom stereocenters. The quantitative estimate of drug-likeness (QED) is 0.709. The van der Waals surface area contributed by atoms with Crippen molar-refractivity contribution < 1.29 is 14.3 Å². The summed E-state index contributed by atoms with van der Waals surface area (Å²) in [5.41, 5.74) is 3.38. The van der Waals surface area contributed by atoms with E-state index in [2.05, 4.69) is 18.2 Å². The van der Waals surface area contributed by atoms with E-state index in [-0.39, 0.29) is 23.4 Å². The first-order valence-electron chi connectivity index (χ1n) is 11.3. The summed E-state index contributed by atoms with van der Waals surface area (Å²) in [5, 5.41) is 11.1. The topological polar surface area (TPSA) is 59.7 Å². The largest absolute Gasteiger partial charge is 0.507 e. The van der Waals surface area contributed by atoms with Crippen LogP contribution in [0.1, 0.15) is 91.2 Å². The van der Waals surface area contributed by atoms with Crippen molar-refractivity contribution in [2.75, 3.05) is 6.61 Å². The summed E-state index contributed by atoms with van der Waals surface area (Å²) in [7, 11) is 0. The first kappa shape index (κ1) is 18.9. The zero-order chi connectivity index (χ0) is 19.8. The van der Waals surface area contributed by atoms with Crippen molar-refractivity contribution in [2.45, 2.75) is 82.1 Å². The van der Waals surface area contributed by atoms with E-state index in [1.54, 1.807) is 0 Å². The molecule has 4 nitrogen and oxygen atoms in total. The fourth-order valence-electron chi connectivity index (χ4n) is 5.22. The summed E-state index contributed by atoms with van der Waals surface area (Å²) >= 11 is 0. The monoisotopic (exact) mass is 394 g/mol. The van der Waals surface area contributed by atoms with Crippen LogP contribution in [-0.4, -0.2) is 17.8 Å². The van der Waals surface area contributed by atoms with Gasteiger partial charge in [0.2, 0.25) is 0 Å². The van der Waals surface area contributed by atoms with Gasteiger partial charge >= 0.3 is 5.63 Å². The van der Waals surface area contributed by atoms with Crippen LogP contribution in [0.25, 0.3) is 0 Å². The van der Waals surface area contributed by atoms with Crippen LogP contribution in [0, 0.1) is 0 Å². The van der Waals surface area contributed by atoms with Gasteiger partial charge in [-0.05, 0) is 68.4 Å². The van der Waals surface area contributed by atoms with E-state index in [1.807, 2.05) is 6.07 Å². The molecule has 2 heterocycles. The second-order valence-electron chi connectivity index (χ2n) is 9.02. The zero-order valence-corrected chi connectivity index (χ0v) is 17.0. The minimum Gasteiger partial charge on any atom is -0.507 e. The van der Waals surface area contributed by atoms with Crippen LogP contribution in [0.5, 0.6) is 5.75 Å². The van der Waals surface area contributed by atoms with Crippen molar-refractivity contribution in [1.82, 2.24) is 0 Å². The van der Waals surface area contributed by atoms with E-state index in [1.165, 1.54) is 18.4 Å². The molecule has 0 spiro atoms. The van der Waals surface area contributed by atoms with Gasteiger partial charge in [0, 0.05) is 24.5 Å². The Balaban J connectivity index is 1.49. The smallest absolute Gasteiger partial charge is 0.343 e. The minimum atomic E-state index is -0.369. The third kappa shape index (κ3) is 3.87. The van der Waals surface area contributed by atoms with Crippen LogP contribution in [-0.2, 0) is 17.6 Å².